The first-order valence-corrected chi connectivity index (χ1v) is 12.3. The first kappa shape index (κ1) is 22.5. The molecule has 2 aliphatic rings. The minimum Gasteiger partial charge on any atom is -0.497 e. The Morgan fingerprint density at radius 3 is 2.47 bits per heavy atom. The molecule has 1 atom stereocenters. The van der Waals surface area contributed by atoms with Gasteiger partial charge < -0.3 is 19.5 Å². The van der Waals surface area contributed by atoms with Crippen molar-refractivity contribution in [3.8, 4) is 5.75 Å². The molecule has 1 aliphatic heterocycles. The predicted octanol–water partition coefficient (Wildman–Crippen LogP) is 4.90. The highest BCUT2D eigenvalue weighted by Crippen LogP contribution is 2.34. The highest BCUT2D eigenvalue weighted by Gasteiger charge is 2.48. The highest BCUT2D eigenvalue weighted by molar-refractivity contribution is 6.03. The number of amides is 2. The lowest BCUT2D eigenvalue weighted by Crippen LogP contribution is -2.64. The van der Waals surface area contributed by atoms with E-state index < -0.39 is 5.54 Å². The van der Waals surface area contributed by atoms with Crippen molar-refractivity contribution in [2.45, 2.75) is 70.1 Å². The van der Waals surface area contributed by atoms with Crippen LogP contribution in [0, 0.1) is 0 Å². The molecule has 2 amide bonds. The van der Waals surface area contributed by atoms with E-state index >= 15 is 0 Å². The molecule has 3 aromatic rings. The molecular weight excluding hydrogens is 426 g/mol. The van der Waals surface area contributed by atoms with Gasteiger partial charge in [0.1, 0.15) is 17.0 Å². The van der Waals surface area contributed by atoms with Gasteiger partial charge in [-0.3, -0.25) is 9.59 Å². The maximum atomic E-state index is 13.9. The third kappa shape index (κ3) is 4.06. The number of para-hydroxylation sites is 1. The number of nitrogens with one attached hydrogen (secondary N) is 1. The van der Waals surface area contributed by atoms with Gasteiger partial charge in [0.15, 0.2) is 0 Å². The molecule has 0 saturated heterocycles. The molecule has 1 fully saturated rings. The first-order valence-electron chi connectivity index (χ1n) is 12.3. The number of hydrogen-bond acceptors (Lipinski definition) is 3. The summed E-state index contributed by atoms with van der Waals surface area (Å²) in [5, 5.41) is 4.35. The molecule has 6 heteroatoms. The second kappa shape index (κ2) is 9.16. The van der Waals surface area contributed by atoms with Crippen molar-refractivity contribution in [3.63, 3.8) is 0 Å². The number of ether oxygens (including phenoxy) is 1. The van der Waals surface area contributed by atoms with Gasteiger partial charge in [-0.25, -0.2) is 0 Å². The summed E-state index contributed by atoms with van der Waals surface area (Å²) in [6.07, 6.45) is 6.75. The van der Waals surface area contributed by atoms with Gasteiger partial charge in [-0.2, -0.15) is 0 Å². The van der Waals surface area contributed by atoms with E-state index in [9.17, 15) is 9.59 Å². The smallest absolute Gasteiger partial charge is 0.271 e. The van der Waals surface area contributed by atoms with E-state index in [1.807, 2.05) is 66.1 Å². The summed E-state index contributed by atoms with van der Waals surface area (Å²) in [4.78, 5) is 29.5. The average molecular weight is 460 g/mol. The lowest BCUT2D eigenvalue weighted by Gasteiger charge is -2.44. The van der Waals surface area contributed by atoms with Gasteiger partial charge in [-0.15, -0.1) is 0 Å². The Morgan fingerprint density at radius 2 is 1.76 bits per heavy atom. The first-order chi connectivity index (χ1) is 16.5. The van der Waals surface area contributed by atoms with Crippen molar-refractivity contribution in [1.82, 2.24) is 14.8 Å². The summed E-state index contributed by atoms with van der Waals surface area (Å²) in [7, 11) is 1.64. The largest absolute Gasteiger partial charge is 0.497 e. The zero-order chi connectivity index (χ0) is 23.7. The fraction of sp³-hybridized carbons (Fsp3) is 0.429. The molecular formula is C28H33N3O3. The molecule has 1 saturated carbocycles. The van der Waals surface area contributed by atoms with Gasteiger partial charge in [-0.1, -0.05) is 56.0 Å². The van der Waals surface area contributed by atoms with Crippen molar-refractivity contribution in [2.75, 3.05) is 7.11 Å². The Hall–Kier alpha value is -3.28. The summed E-state index contributed by atoms with van der Waals surface area (Å²) in [5.41, 5.74) is 1.59. The molecule has 0 bridgehead atoms. The molecule has 2 heterocycles. The molecule has 2 aromatic carbocycles. The van der Waals surface area contributed by atoms with Crippen LogP contribution in [0.1, 0.15) is 61.5 Å². The average Bonchev–Trinajstić information content (AvgIpc) is 3.02. The van der Waals surface area contributed by atoms with Crippen molar-refractivity contribution in [1.29, 1.82) is 0 Å². The fourth-order valence-corrected chi connectivity index (χ4v) is 5.43. The number of benzene rings is 2. The van der Waals surface area contributed by atoms with Crippen LogP contribution in [0.25, 0.3) is 10.9 Å². The zero-order valence-electron chi connectivity index (χ0n) is 20.0. The van der Waals surface area contributed by atoms with Crippen LogP contribution in [0.3, 0.4) is 0 Å². The van der Waals surface area contributed by atoms with E-state index in [1.165, 1.54) is 12.8 Å². The maximum absolute atomic E-state index is 13.9. The summed E-state index contributed by atoms with van der Waals surface area (Å²) in [5.74, 6) is 0.587. The van der Waals surface area contributed by atoms with E-state index in [0.29, 0.717) is 18.8 Å². The minimum atomic E-state index is -1.00. The van der Waals surface area contributed by atoms with Crippen molar-refractivity contribution >= 4 is 22.7 Å². The van der Waals surface area contributed by atoms with Crippen LogP contribution in [-0.2, 0) is 17.9 Å². The second-order valence-corrected chi connectivity index (χ2v) is 9.85. The molecule has 1 unspecified atom stereocenters. The van der Waals surface area contributed by atoms with Crippen LogP contribution < -0.4 is 10.1 Å². The van der Waals surface area contributed by atoms with Gasteiger partial charge >= 0.3 is 0 Å². The number of methoxy groups -OCH3 is 1. The van der Waals surface area contributed by atoms with E-state index in [-0.39, 0.29) is 17.9 Å². The van der Waals surface area contributed by atoms with Gasteiger partial charge in [0.25, 0.3) is 5.91 Å². The predicted molar refractivity (Wildman–Crippen MR) is 133 cm³/mol. The summed E-state index contributed by atoms with van der Waals surface area (Å²) < 4.78 is 7.31. The molecule has 1 aliphatic carbocycles. The zero-order valence-corrected chi connectivity index (χ0v) is 20.0. The number of rotatable bonds is 5. The van der Waals surface area contributed by atoms with Crippen LogP contribution in [0.5, 0.6) is 5.75 Å². The summed E-state index contributed by atoms with van der Waals surface area (Å²) in [6, 6.07) is 17.8. The molecule has 0 radical (unpaired) electrons. The van der Waals surface area contributed by atoms with Crippen molar-refractivity contribution in [3.05, 3.63) is 65.9 Å². The number of carbonyl (C=O) groups is 2. The standard InChI is InChI=1S/C28H33N3O3/c1-28(27(33)29-22-10-5-3-4-6-11-22)19-30-24-12-8-7-9-21(24)17-25(30)26(32)31(28)18-20-13-15-23(34-2)16-14-20/h7-9,12-17,22H,3-6,10-11,18-19H2,1-2H3,(H,29,33). The number of fused-ring (bicyclic) bond motifs is 3. The van der Waals surface area contributed by atoms with E-state index in [0.717, 1.165) is 47.9 Å². The van der Waals surface area contributed by atoms with Crippen molar-refractivity contribution < 1.29 is 14.3 Å². The monoisotopic (exact) mass is 459 g/mol. The van der Waals surface area contributed by atoms with Crippen LogP contribution in [0.15, 0.2) is 54.6 Å². The topological polar surface area (TPSA) is 63.6 Å². The fourth-order valence-electron chi connectivity index (χ4n) is 5.43. The third-order valence-electron chi connectivity index (χ3n) is 7.52. The quantitative estimate of drug-likeness (QED) is 0.552. The number of nitrogens with zero attached hydrogens (tertiary/aromatic N) is 2. The van der Waals surface area contributed by atoms with Crippen LogP contribution in [0.4, 0.5) is 0 Å². The Bertz CT molecular complexity index is 1190. The Morgan fingerprint density at radius 1 is 1.06 bits per heavy atom. The van der Waals surface area contributed by atoms with Gasteiger partial charge in [0.2, 0.25) is 5.91 Å². The van der Waals surface area contributed by atoms with Crippen molar-refractivity contribution in [2.24, 2.45) is 0 Å². The van der Waals surface area contributed by atoms with Crippen LogP contribution in [0.2, 0.25) is 0 Å². The second-order valence-electron chi connectivity index (χ2n) is 9.85. The van der Waals surface area contributed by atoms with Crippen LogP contribution >= 0.6 is 0 Å². The summed E-state index contributed by atoms with van der Waals surface area (Å²) in [6.45, 7) is 2.70. The lowest BCUT2D eigenvalue weighted by atomic mass is 9.93. The van der Waals surface area contributed by atoms with Gasteiger partial charge in [0.05, 0.1) is 13.7 Å². The van der Waals surface area contributed by atoms with E-state index in [2.05, 4.69) is 5.32 Å². The SMILES string of the molecule is COc1ccc(CN2C(=O)c3cc4ccccc4n3CC2(C)C(=O)NC2CCCCCC2)cc1. The molecule has 0 spiro atoms. The minimum absolute atomic E-state index is 0.0651. The third-order valence-corrected chi connectivity index (χ3v) is 7.52. The van der Waals surface area contributed by atoms with Gasteiger partial charge in [0, 0.05) is 23.5 Å². The Kier molecular flexibility index (Phi) is 6.07. The molecule has 1 N–H and O–H groups in total. The molecule has 34 heavy (non-hydrogen) atoms. The molecule has 1 aromatic heterocycles. The van der Waals surface area contributed by atoms with E-state index in [1.54, 1.807) is 12.0 Å². The number of hydrogen-bond donors (Lipinski definition) is 1. The number of aromatic nitrogens is 1. The normalized spacial score (nSPS) is 21.2. The molecule has 5 rings (SSSR count). The summed E-state index contributed by atoms with van der Waals surface area (Å²) >= 11 is 0. The highest BCUT2D eigenvalue weighted by atomic mass is 16.5. The molecule has 6 nitrogen and oxygen atoms in total. The maximum Gasteiger partial charge on any atom is 0.271 e. The Labute approximate surface area is 200 Å². The molecule has 178 valence electrons. The Balaban J connectivity index is 1.52. The number of carbonyl (C=O) groups excluding carboxylic acids is 2. The lowest BCUT2D eigenvalue weighted by molar-refractivity contribution is -0.134. The van der Waals surface area contributed by atoms with Crippen LogP contribution in [-0.4, -0.2) is 40.0 Å². The van der Waals surface area contributed by atoms with E-state index in [4.69, 9.17) is 4.74 Å². The van der Waals surface area contributed by atoms with Gasteiger partial charge in [-0.05, 0) is 49.6 Å².